The largest absolute Gasteiger partial charge is 0.491 e. The maximum Gasteiger partial charge on any atom is 0.274 e. The van der Waals surface area contributed by atoms with E-state index in [1.807, 2.05) is 45.0 Å². The van der Waals surface area contributed by atoms with Crippen LogP contribution in [0.3, 0.4) is 0 Å². The number of likely N-dealkylation sites (N-methyl/N-ethyl adjacent to an activating group) is 1. The summed E-state index contributed by atoms with van der Waals surface area (Å²) in [5.41, 5.74) is 2.07. The summed E-state index contributed by atoms with van der Waals surface area (Å²) in [7, 11) is 0. The number of rotatable bonds is 4. The Bertz CT molecular complexity index is 1690. The molecule has 4 aromatic rings. The van der Waals surface area contributed by atoms with Crippen molar-refractivity contribution in [1.82, 2.24) is 29.7 Å². The summed E-state index contributed by atoms with van der Waals surface area (Å²) < 4.78 is 20.0. The van der Waals surface area contributed by atoms with E-state index < -0.39 is 6.04 Å². The highest BCUT2D eigenvalue weighted by molar-refractivity contribution is 5.97. The topological polar surface area (TPSA) is 128 Å². The second-order valence-corrected chi connectivity index (χ2v) is 11.4. The summed E-state index contributed by atoms with van der Waals surface area (Å²) in [5, 5.41) is 7.44. The first-order chi connectivity index (χ1) is 21.7. The minimum Gasteiger partial charge on any atom is -0.491 e. The number of carbonyl (C=O) groups excluding carboxylic acids is 3. The first-order valence-corrected chi connectivity index (χ1v) is 15.1. The Morgan fingerprint density at radius 3 is 2.78 bits per heavy atom. The van der Waals surface area contributed by atoms with Crippen LogP contribution in [-0.2, 0) is 16.1 Å². The normalized spacial score (nSPS) is 19.2. The number of nitrogens with one attached hydrogen (secondary N) is 1. The number of likely N-dealkylation sites (tertiary alicyclic amines) is 1. The van der Waals surface area contributed by atoms with Crippen molar-refractivity contribution in [1.29, 1.82) is 0 Å². The van der Waals surface area contributed by atoms with E-state index in [1.165, 1.54) is 4.90 Å². The van der Waals surface area contributed by atoms with E-state index in [2.05, 4.69) is 15.4 Å². The number of carbonyl (C=O) groups is 3. The molecule has 4 bridgehead atoms. The lowest BCUT2D eigenvalue weighted by atomic mass is 10.0. The number of ether oxygens (including phenoxy) is 3. The number of piperidine rings is 1. The van der Waals surface area contributed by atoms with Crippen molar-refractivity contribution in [3.05, 3.63) is 83.8 Å². The maximum absolute atomic E-state index is 13.7. The zero-order chi connectivity index (χ0) is 31.5. The Morgan fingerprint density at radius 2 is 1.98 bits per heavy atom. The fourth-order valence-corrected chi connectivity index (χ4v) is 5.62. The maximum atomic E-state index is 13.7. The minimum absolute atomic E-state index is 0.117. The Hall–Kier alpha value is -4.97. The van der Waals surface area contributed by atoms with Gasteiger partial charge in [0.05, 0.1) is 31.4 Å². The molecule has 2 aromatic carbocycles. The molecular weight excluding hydrogens is 576 g/mol. The lowest BCUT2D eigenvalue weighted by Crippen LogP contribution is -2.58. The molecule has 12 heteroatoms. The highest BCUT2D eigenvalue weighted by atomic mass is 16.5. The molecular formula is C33H36N6O6. The van der Waals surface area contributed by atoms with Gasteiger partial charge in [-0.05, 0) is 63.1 Å². The van der Waals surface area contributed by atoms with Gasteiger partial charge in [0, 0.05) is 49.7 Å². The van der Waals surface area contributed by atoms with Crippen LogP contribution in [0.4, 0.5) is 0 Å². The smallest absolute Gasteiger partial charge is 0.274 e. The average molecular weight is 613 g/mol. The first kappa shape index (κ1) is 30.1. The molecule has 45 heavy (non-hydrogen) atoms. The molecule has 0 saturated carbocycles. The molecule has 2 aliphatic rings. The molecule has 6 rings (SSSR count). The number of nitrogens with zero attached hydrogens (tertiary/aromatic N) is 5. The predicted molar refractivity (Wildman–Crippen MR) is 164 cm³/mol. The van der Waals surface area contributed by atoms with Gasteiger partial charge < -0.3 is 29.3 Å². The van der Waals surface area contributed by atoms with Gasteiger partial charge in [-0.25, -0.2) is 9.50 Å². The lowest BCUT2D eigenvalue weighted by Gasteiger charge is -2.38. The van der Waals surface area contributed by atoms with Crippen molar-refractivity contribution in [2.45, 2.75) is 52.0 Å². The van der Waals surface area contributed by atoms with E-state index in [1.54, 1.807) is 52.1 Å². The third kappa shape index (κ3) is 6.91. The molecule has 234 valence electrons. The number of fused-ring (bicyclic) bond motifs is 6. The standard InChI is InChI=1S/C33H36N6O6/c1-4-37-19-31(40)35-28-18-38(33(42)27-17-30-34-10-6-11-39(30)36-27)12-9-29(28)43-20-22-7-5-8-24(13-22)45-26-15-23(32(37)41)14-25(16-26)44-21(2)3/h5-8,10-11,13-17,21,28-29H,4,9,12,18-20H2,1-3H3,(H,35,40)/t28-,29-/m0/s1. The molecule has 2 atom stereocenters. The number of hydrogen-bond acceptors (Lipinski definition) is 8. The van der Waals surface area contributed by atoms with Crippen LogP contribution in [0.2, 0.25) is 0 Å². The first-order valence-electron chi connectivity index (χ1n) is 15.1. The summed E-state index contributed by atoms with van der Waals surface area (Å²) in [6.45, 7) is 6.68. The third-order valence-corrected chi connectivity index (χ3v) is 7.74. The number of hydrogen-bond donors (Lipinski definition) is 1. The molecule has 0 aliphatic carbocycles. The second kappa shape index (κ2) is 12.9. The summed E-state index contributed by atoms with van der Waals surface area (Å²) in [5.74, 6) is 0.581. The Kier molecular flexibility index (Phi) is 8.65. The molecule has 0 spiro atoms. The van der Waals surface area contributed by atoms with Crippen LogP contribution in [0.25, 0.3) is 5.65 Å². The van der Waals surface area contributed by atoms with Crippen molar-refractivity contribution >= 4 is 23.4 Å². The van der Waals surface area contributed by atoms with Gasteiger partial charge in [0.2, 0.25) is 5.91 Å². The zero-order valence-corrected chi connectivity index (χ0v) is 25.5. The summed E-state index contributed by atoms with van der Waals surface area (Å²) in [6.07, 6.45) is 3.39. The molecule has 1 saturated heterocycles. The van der Waals surface area contributed by atoms with Gasteiger partial charge in [-0.2, -0.15) is 5.10 Å². The van der Waals surface area contributed by atoms with Gasteiger partial charge in [0.1, 0.15) is 17.2 Å². The molecule has 1 N–H and O–H groups in total. The lowest BCUT2D eigenvalue weighted by molar-refractivity contribution is -0.124. The number of aromatic nitrogens is 3. The predicted octanol–water partition coefficient (Wildman–Crippen LogP) is 3.70. The average Bonchev–Trinajstić information content (AvgIpc) is 3.46. The monoisotopic (exact) mass is 612 g/mol. The van der Waals surface area contributed by atoms with Crippen LogP contribution >= 0.6 is 0 Å². The van der Waals surface area contributed by atoms with Gasteiger partial charge in [0.25, 0.3) is 11.8 Å². The summed E-state index contributed by atoms with van der Waals surface area (Å²) in [4.78, 5) is 48.0. The van der Waals surface area contributed by atoms with Crippen molar-refractivity contribution in [3.63, 3.8) is 0 Å². The van der Waals surface area contributed by atoms with E-state index >= 15 is 0 Å². The van der Waals surface area contributed by atoms with E-state index in [0.717, 1.165) is 5.56 Å². The molecule has 0 unspecified atom stereocenters. The van der Waals surface area contributed by atoms with Crippen molar-refractivity contribution in [2.24, 2.45) is 0 Å². The van der Waals surface area contributed by atoms with Crippen molar-refractivity contribution in [2.75, 3.05) is 26.2 Å². The van der Waals surface area contributed by atoms with E-state index in [-0.39, 0.29) is 55.3 Å². The quantitative estimate of drug-likeness (QED) is 0.370. The second-order valence-electron chi connectivity index (χ2n) is 11.4. The fourth-order valence-electron chi connectivity index (χ4n) is 5.62. The van der Waals surface area contributed by atoms with E-state index in [4.69, 9.17) is 14.2 Å². The van der Waals surface area contributed by atoms with E-state index in [0.29, 0.717) is 48.0 Å². The minimum atomic E-state index is -0.513. The Labute approximate surface area is 260 Å². The van der Waals surface area contributed by atoms with Crippen LogP contribution in [0.15, 0.2) is 67.0 Å². The van der Waals surface area contributed by atoms with Crippen LogP contribution < -0.4 is 14.8 Å². The number of benzene rings is 2. The van der Waals surface area contributed by atoms with Crippen LogP contribution in [0.5, 0.6) is 17.2 Å². The zero-order valence-electron chi connectivity index (χ0n) is 25.5. The van der Waals surface area contributed by atoms with Gasteiger partial charge in [-0.15, -0.1) is 0 Å². The molecule has 2 aliphatic heterocycles. The molecule has 0 radical (unpaired) electrons. The number of amides is 3. The SMILES string of the molecule is CCN1CC(=O)N[C@H]2CN(C(=O)c3cc4ncccn4n3)CC[C@@H]2OCc2cccc(c2)Oc2cc(OC(C)C)cc(c2)C1=O. The highest BCUT2D eigenvalue weighted by Gasteiger charge is 2.35. The van der Waals surface area contributed by atoms with E-state index in [9.17, 15) is 14.4 Å². The Morgan fingerprint density at radius 1 is 1.11 bits per heavy atom. The van der Waals surface area contributed by atoms with Gasteiger partial charge in [0.15, 0.2) is 11.3 Å². The van der Waals surface area contributed by atoms with Crippen molar-refractivity contribution in [3.8, 4) is 17.2 Å². The Balaban J connectivity index is 1.28. The fraction of sp³-hybridized carbons (Fsp3) is 0.364. The summed E-state index contributed by atoms with van der Waals surface area (Å²) in [6, 6.07) is 15.5. The molecule has 12 nitrogen and oxygen atoms in total. The van der Waals surface area contributed by atoms with Crippen LogP contribution in [0.1, 0.15) is 53.6 Å². The molecule has 2 aromatic heterocycles. The van der Waals surface area contributed by atoms with Crippen LogP contribution in [0, 0.1) is 0 Å². The van der Waals surface area contributed by atoms with Gasteiger partial charge >= 0.3 is 0 Å². The van der Waals surface area contributed by atoms with Crippen molar-refractivity contribution < 1.29 is 28.6 Å². The van der Waals surface area contributed by atoms with Gasteiger partial charge in [-0.1, -0.05) is 12.1 Å². The van der Waals surface area contributed by atoms with Gasteiger partial charge in [-0.3, -0.25) is 14.4 Å². The molecule has 3 amide bonds. The third-order valence-electron chi connectivity index (χ3n) is 7.74. The molecule has 1 fully saturated rings. The van der Waals surface area contributed by atoms with Crippen LogP contribution in [-0.4, -0.2) is 86.5 Å². The highest BCUT2D eigenvalue weighted by Crippen LogP contribution is 2.30. The molecule has 4 heterocycles. The summed E-state index contributed by atoms with van der Waals surface area (Å²) >= 11 is 0.